The van der Waals surface area contributed by atoms with Gasteiger partial charge in [-0.05, 0) is 43.7 Å². The van der Waals surface area contributed by atoms with E-state index in [1.807, 2.05) is 19.9 Å². The van der Waals surface area contributed by atoms with Gasteiger partial charge in [0.25, 0.3) is 10.0 Å². The Balaban J connectivity index is 2.37. The fourth-order valence-electron chi connectivity index (χ4n) is 1.82. The van der Waals surface area contributed by atoms with Gasteiger partial charge < -0.3 is 4.74 Å². The summed E-state index contributed by atoms with van der Waals surface area (Å²) in [7, 11) is -2.10. The van der Waals surface area contributed by atoms with Crippen molar-refractivity contribution >= 4 is 15.7 Å². The fraction of sp³-hybridized carbons (Fsp3) is 0.200. The number of aryl methyl sites for hydroxylation is 2. The molecule has 0 heterocycles. The first-order valence-corrected chi connectivity index (χ1v) is 7.65. The van der Waals surface area contributed by atoms with Gasteiger partial charge in [0.2, 0.25) is 0 Å². The minimum Gasteiger partial charge on any atom is -0.495 e. The van der Waals surface area contributed by atoms with Crippen molar-refractivity contribution in [3.05, 3.63) is 53.6 Å². The number of sulfonamides is 1. The Hall–Kier alpha value is -2.01. The van der Waals surface area contributed by atoms with Crippen LogP contribution in [0.25, 0.3) is 0 Å². The van der Waals surface area contributed by atoms with Crippen LogP contribution >= 0.6 is 0 Å². The molecule has 2 aromatic rings. The third-order valence-electron chi connectivity index (χ3n) is 2.93. The van der Waals surface area contributed by atoms with Gasteiger partial charge in [-0.3, -0.25) is 4.72 Å². The molecule has 0 bridgehead atoms. The van der Waals surface area contributed by atoms with E-state index in [4.69, 9.17) is 4.74 Å². The lowest BCUT2D eigenvalue weighted by atomic mass is 10.2. The molecular weight excluding hydrogens is 274 g/mol. The maximum absolute atomic E-state index is 12.3. The monoisotopic (exact) mass is 291 g/mol. The molecule has 4 nitrogen and oxygen atoms in total. The molecule has 20 heavy (non-hydrogen) atoms. The Bertz CT molecular complexity index is 706. The standard InChI is InChI=1S/C15H17NO3S/c1-11-4-7-13(8-5-11)20(17,18)16-14-10-12(2)6-9-15(14)19-3/h4-10,16H,1-3H3. The highest BCUT2D eigenvalue weighted by atomic mass is 32.2. The summed E-state index contributed by atoms with van der Waals surface area (Å²) in [6.45, 7) is 3.80. The van der Waals surface area contributed by atoms with Crippen molar-refractivity contribution < 1.29 is 13.2 Å². The van der Waals surface area contributed by atoms with Crippen LogP contribution < -0.4 is 9.46 Å². The second kappa shape index (κ2) is 5.54. The van der Waals surface area contributed by atoms with E-state index < -0.39 is 10.0 Å². The molecule has 0 aliphatic heterocycles. The molecule has 0 aliphatic carbocycles. The molecule has 0 atom stereocenters. The smallest absolute Gasteiger partial charge is 0.262 e. The molecule has 0 saturated carbocycles. The average molecular weight is 291 g/mol. The third kappa shape index (κ3) is 3.11. The van der Waals surface area contributed by atoms with Gasteiger partial charge in [0.1, 0.15) is 5.75 Å². The molecule has 5 heteroatoms. The number of ether oxygens (including phenoxy) is 1. The van der Waals surface area contributed by atoms with Gasteiger partial charge in [0.15, 0.2) is 0 Å². The summed E-state index contributed by atoms with van der Waals surface area (Å²) in [6, 6.07) is 12.0. The largest absolute Gasteiger partial charge is 0.495 e. The van der Waals surface area contributed by atoms with E-state index >= 15 is 0 Å². The highest BCUT2D eigenvalue weighted by Crippen LogP contribution is 2.27. The number of methoxy groups -OCH3 is 1. The van der Waals surface area contributed by atoms with Crippen molar-refractivity contribution in [2.45, 2.75) is 18.7 Å². The van der Waals surface area contributed by atoms with Crippen LogP contribution in [0.15, 0.2) is 47.4 Å². The van der Waals surface area contributed by atoms with E-state index in [1.54, 1.807) is 36.4 Å². The summed E-state index contributed by atoms with van der Waals surface area (Å²) in [5.74, 6) is 0.492. The Morgan fingerprint density at radius 2 is 1.55 bits per heavy atom. The summed E-state index contributed by atoms with van der Waals surface area (Å²) < 4.78 is 32.4. The van der Waals surface area contributed by atoms with E-state index in [1.165, 1.54) is 7.11 Å². The van der Waals surface area contributed by atoms with Crippen molar-refractivity contribution in [1.29, 1.82) is 0 Å². The molecule has 0 radical (unpaired) electrons. The molecule has 0 amide bonds. The SMILES string of the molecule is COc1ccc(C)cc1NS(=O)(=O)c1ccc(C)cc1. The average Bonchev–Trinajstić information content (AvgIpc) is 2.39. The molecule has 0 aromatic heterocycles. The number of nitrogens with one attached hydrogen (secondary N) is 1. The number of rotatable bonds is 4. The predicted molar refractivity (Wildman–Crippen MR) is 79.7 cm³/mol. The Morgan fingerprint density at radius 3 is 2.15 bits per heavy atom. The van der Waals surface area contributed by atoms with Gasteiger partial charge >= 0.3 is 0 Å². The molecule has 0 aliphatic rings. The van der Waals surface area contributed by atoms with Crippen molar-refractivity contribution in [3.63, 3.8) is 0 Å². The molecule has 2 aromatic carbocycles. The van der Waals surface area contributed by atoms with Gasteiger partial charge in [0.05, 0.1) is 17.7 Å². The van der Waals surface area contributed by atoms with E-state index in [0.29, 0.717) is 11.4 Å². The maximum atomic E-state index is 12.3. The Labute approximate surface area is 119 Å². The first-order chi connectivity index (χ1) is 9.42. The van der Waals surface area contributed by atoms with Gasteiger partial charge in [-0.2, -0.15) is 0 Å². The lowest BCUT2D eigenvalue weighted by Gasteiger charge is -2.12. The lowest BCUT2D eigenvalue weighted by molar-refractivity contribution is 0.417. The second-order valence-corrected chi connectivity index (χ2v) is 6.30. The molecule has 1 N–H and O–H groups in total. The van der Waals surface area contributed by atoms with E-state index in [0.717, 1.165) is 11.1 Å². The quantitative estimate of drug-likeness (QED) is 0.941. The van der Waals surface area contributed by atoms with Gasteiger partial charge in [0, 0.05) is 0 Å². The minimum absolute atomic E-state index is 0.228. The van der Waals surface area contributed by atoms with Crippen LogP contribution in [0.2, 0.25) is 0 Å². The summed E-state index contributed by atoms with van der Waals surface area (Å²) in [5.41, 5.74) is 2.40. The van der Waals surface area contributed by atoms with Crippen molar-refractivity contribution in [2.24, 2.45) is 0 Å². The van der Waals surface area contributed by atoms with E-state index in [2.05, 4.69) is 4.72 Å². The normalized spacial score (nSPS) is 11.2. The molecule has 106 valence electrons. The fourth-order valence-corrected chi connectivity index (χ4v) is 2.88. The van der Waals surface area contributed by atoms with E-state index in [-0.39, 0.29) is 4.90 Å². The summed E-state index contributed by atoms with van der Waals surface area (Å²) in [6.07, 6.45) is 0. The Morgan fingerprint density at radius 1 is 0.950 bits per heavy atom. The predicted octanol–water partition coefficient (Wildman–Crippen LogP) is 3.11. The lowest BCUT2D eigenvalue weighted by Crippen LogP contribution is -2.13. The zero-order valence-corrected chi connectivity index (χ0v) is 12.5. The Kier molecular flexibility index (Phi) is 3.99. The highest BCUT2D eigenvalue weighted by Gasteiger charge is 2.16. The number of benzene rings is 2. The van der Waals surface area contributed by atoms with Crippen molar-refractivity contribution in [2.75, 3.05) is 11.8 Å². The first kappa shape index (κ1) is 14.4. The van der Waals surface area contributed by atoms with Gasteiger partial charge in [-0.1, -0.05) is 23.8 Å². The van der Waals surface area contributed by atoms with Gasteiger partial charge in [-0.25, -0.2) is 8.42 Å². The summed E-state index contributed by atoms with van der Waals surface area (Å²) in [5, 5.41) is 0. The number of anilines is 1. The zero-order chi connectivity index (χ0) is 14.8. The minimum atomic E-state index is -3.61. The van der Waals surface area contributed by atoms with Crippen LogP contribution in [-0.4, -0.2) is 15.5 Å². The third-order valence-corrected chi connectivity index (χ3v) is 4.31. The number of hydrogen-bond donors (Lipinski definition) is 1. The van der Waals surface area contributed by atoms with Crippen LogP contribution in [0.3, 0.4) is 0 Å². The molecule has 0 unspecified atom stereocenters. The van der Waals surface area contributed by atoms with Crippen LogP contribution in [0.4, 0.5) is 5.69 Å². The van der Waals surface area contributed by atoms with Crippen LogP contribution in [0.1, 0.15) is 11.1 Å². The molecular formula is C15H17NO3S. The van der Waals surface area contributed by atoms with Crippen LogP contribution in [0, 0.1) is 13.8 Å². The van der Waals surface area contributed by atoms with E-state index in [9.17, 15) is 8.42 Å². The number of hydrogen-bond acceptors (Lipinski definition) is 3. The molecule has 0 fully saturated rings. The summed E-state index contributed by atoms with van der Waals surface area (Å²) in [4.78, 5) is 0.228. The van der Waals surface area contributed by atoms with Crippen LogP contribution in [0.5, 0.6) is 5.75 Å². The van der Waals surface area contributed by atoms with Gasteiger partial charge in [-0.15, -0.1) is 0 Å². The first-order valence-electron chi connectivity index (χ1n) is 6.16. The topological polar surface area (TPSA) is 55.4 Å². The second-order valence-electron chi connectivity index (χ2n) is 4.62. The highest BCUT2D eigenvalue weighted by molar-refractivity contribution is 7.92. The van der Waals surface area contributed by atoms with Crippen LogP contribution in [-0.2, 0) is 10.0 Å². The molecule has 2 rings (SSSR count). The summed E-state index contributed by atoms with van der Waals surface area (Å²) >= 11 is 0. The zero-order valence-electron chi connectivity index (χ0n) is 11.7. The molecule has 0 spiro atoms. The molecule has 0 saturated heterocycles. The van der Waals surface area contributed by atoms with Crippen molar-refractivity contribution in [3.8, 4) is 5.75 Å². The maximum Gasteiger partial charge on any atom is 0.262 e. The van der Waals surface area contributed by atoms with Crippen molar-refractivity contribution in [1.82, 2.24) is 0 Å².